The van der Waals surface area contributed by atoms with Crippen LogP contribution in [0.5, 0.6) is 0 Å². The van der Waals surface area contributed by atoms with Gasteiger partial charge >= 0.3 is 5.97 Å². The zero-order chi connectivity index (χ0) is 22.4. The Labute approximate surface area is 187 Å². The Hall–Kier alpha value is -1.36. The Morgan fingerprint density at radius 1 is 1.13 bits per heavy atom. The van der Waals surface area contributed by atoms with Crippen molar-refractivity contribution in [3.8, 4) is 0 Å². The highest BCUT2D eigenvalue weighted by molar-refractivity contribution is 5.77. The maximum Gasteiger partial charge on any atom is 0.302 e. The molecule has 8 atom stereocenters. The molecule has 0 aliphatic heterocycles. The number of carbonyl (C=O) groups is 2. The monoisotopic (exact) mass is 431 g/mol. The second-order valence-corrected chi connectivity index (χ2v) is 11.2. The standard InChI is InChI=1S/C26H41NO4/c1-6-30-27-24(29)16(2)21-9-10-22-20-8-7-18-15-19(31-17(3)28)11-13-25(18,4)23(20)12-14-26(21,22)5/h8,16,18-19,21-23H,6-7,9-15H2,1-5H3,(H,27,29)/t16-,18-,19-,21+,22-,23-,25-,26+/m0/s1. The van der Waals surface area contributed by atoms with Gasteiger partial charge < -0.3 is 4.74 Å². The molecule has 1 amide bonds. The van der Waals surface area contributed by atoms with Crippen LogP contribution in [0.4, 0.5) is 0 Å². The molecule has 0 radical (unpaired) electrons. The fraction of sp³-hybridized carbons (Fsp3) is 0.846. The quantitative estimate of drug-likeness (QED) is 0.369. The van der Waals surface area contributed by atoms with Crippen molar-refractivity contribution in [3.63, 3.8) is 0 Å². The SMILES string of the molecule is CCONC(=O)[C@@H](C)[C@H]1CC[C@H]2C3=CC[C@H]4C[C@@H](OC(C)=O)CC[C@]4(C)[C@H]3CC[C@]12C. The molecule has 174 valence electrons. The normalized spacial score (nSPS) is 42.5. The number of rotatable bonds is 5. The summed E-state index contributed by atoms with van der Waals surface area (Å²) in [5.41, 5.74) is 4.86. The summed E-state index contributed by atoms with van der Waals surface area (Å²) in [5.74, 6) is 2.13. The van der Waals surface area contributed by atoms with Crippen molar-refractivity contribution in [1.29, 1.82) is 0 Å². The minimum atomic E-state index is -0.145. The largest absolute Gasteiger partial charge is 0.463 e. The molecule has 0 aromatic carbocycles. The van der Waals surface area contributed by atoms with E-state index in [4.69, 9.17) is 9.57 Å². The molecular weight excluding hydrogens is 390 g/mol. The number of amides is 1. The molecule has 5 nitrogen and oxygen atoms in total. The van der Waals surface area contributed by atoms with Gasteiger partial charge in [-0.15, -0.1) is 0 Å². The zero-order valence-electron chi connectivity index (χ0n) is 20.0. The Bertz CT molecular complexity index is 748. The van der Waals surface area contributed by atoms with Crippen LogP contribution in [-0.2, 0) is 19.2 Å². The maximum absolute atomic E-state index is 12.6. The molecule has 1 N–H and O–H groups in total. The molecule has 0 aromatic rings. The van der Waals surface area contributed by atoms with Crippen molar-refractivity contribution in [3.05, 3.63) is 11.6 Å². The molecule has 3 fully saturated rings. The van der Waals surface area contributed by atoms with E-state index in [1.165, 1.54) is 26.2 Å². The first-order valence-electron chi connectivity index (χ1n) is 12.5. The number of hydroxylamine groups is 1. The summed E-state index contributed by atoms with van der Waals surface area (Å²) in [5, 5.41) is 0. The molecule has 0 spiro atoms. The molecule has 4 aliphatic rings. The lowest BCUT2D eigenvalue weighted by molar-refractivity contribution is -0.152. The summed E-state index contributed by atoms with van der Waals surface area (Å²) in [7, 11) is 0. The summed E-state index contributed by atoms with van der Waals surface area (Å²) in [6.07, 6.45) is 11.7. The van der Waals surface area contributed by atoms with Gasteiger partial charge in [0, 0.05) is 12.8 Å². The Kier molecular flexibility index (Phi) is 6.28. The van der Waals surface area contributed by atoms with Crippen molar-refractivity contribution < 1.29 is 19.2 Å². The van der Waals surface area contributed by atoms with E-state index >= 15 is 0 Å². The van der Waals surface area contributed by atoms with Gasteiger partial charge in [-0.1, -0.05) is 32.4 Å². The maximum atomic E-state index is 12.6. The molecule has 0 saturated heterocycles. The molecule has 0 heterocycles. The van der Waals surface area contributed by atoms with Gasteiger partial charge in [0.25, 0.3) is 0 Å². The fourth-order valence-corrected chi connectivity index (χ4v) is 8.10. The summed E-state index contributed by atoms with van der Waals surface area (Å²) in [6.45, 7) is 11.0. The average molecular weight is 432 g/mol. The first kappa shape index (κ1) is 22.8. The highest BCUT2D eigenvalue weighted by atomic mass is 16.6. The third-order valence-corrected chi connectivity index (χ3v) is 9.77. The Balaban J connectivity index is 1.52. The molecule has 5 heteroatoms. The van der Waals surface area contributed by atoms with E-state index in [-0.39, 0.29) is 29.3 Å². The van der Waals surface area contributed by atoms with Gasteiger partial charge in [-0.3, -0.25) is 14.4 Å². The van der Waals surface area contributed by atoms with E-state index in [0.29, 0.717) is 35.7 Å². The number of fused-ring (bicyclic) bond motifs is 5. The lowest BCUT2D eigenvalue weighted by Crippen LogP contribution is -2.50. The van der Waals surface area contributed by atoms with Gasteiger partial charge in [0.15, 0.2) is 0 Å². The lowest BCUT2D eigenvalue weighted by atomic mass is 9.47. The van der Waals surface area contributed by atoms with Crippen LogP contribution in [0.2, 0.25) is 0 Å². The van der Waals surface area contributed by atoms with Gasteiger partial charge in [-0.05, 0) is 92.8 Å². The smallest absolute Gasteiger partial charge is 0.302 e. The number of hydrogen-bond donors (Lipinski definition) is 1. The number of nitrogens with one attached hydrogen (secondary N) is 1. The second kappa shape index (κ2) is 8.53. The highest BCUT2D eigenvalue weighted by Crippen LogP contribution is 2.66. The van der Waals surface area contributed by atoms with Gasteiger partial charge in [0.1, 0.15) is 6.10 Å². The van der Waals surface area contributed by atoms with E-state index in [1.54, 1.807) is 5.57 Å². The minimum absolute atomic E-state index is 0.0233. The molecule has 3 saturated carbocycles. The topological polar surface area (TPSA) is 64.6 Å². The predicted octanol–water partition coefficient (Wildman–Crippen LogP) is 5.20. The number of esters is 1. The van der Waals surface area contributed by atoms with Crippen molar-refractivity contribution in [2.75, 3.05) is 6.61 Å². The number of ether oxygens (including phenoxy) is 1. The van der Waals surface area contributed by atoms with Crippen LogP contribution >= 0.6 is 0 Å². The van der Waals surface area contributed by atoms with Crippen molar-refractivity contribution in [2.45, 2.75) is 92.1 Å². The first-order chi connectivity index (χ1) is 14.7. The third-order valence-electron chi connectivity index (χ3n) is 9.77. The second-order valence-electron chi connectivity index (χ2n) is 11.2. The molecule has 4 rings (SSSR count). The van der Waals surface area contributed by atoms with Crippen molar-refractivity contribution in [1.82, 2.24) is 5.48 Å². The molecule has 4 aliphatic carbocycles. The summed E-state index contributed by atoms with van der Waals surface area (Å²) < 4.78 is 5.59. The Morgan fingerprint density at radius 2 is 1.84 bits per heavy atom. The third kappa shape index (κ3) is 3.85. The number of allylic oxidation sites excluding steroid dienone is 2. The lowest BCUT2D eigenvalue weighted by Gasteiger charge is -2.57. The zero-order valence-corrected chi connectivity index (χ0v) is 20.0. The molecule has 31 heavy (non-hydrogen) atoms. The Morgan fingerprint density at radius 3 is 2.55 bits per heavy atom. The van der Waals surface area contributed by atoms with Gasteiger partial charge in [-0.2, -0.15) is 0 Å². The van der Waals surface area contributed by atoms with Crippen LogP contribution in [0.1, 0.15) is 86.0 Å². The van der Waals surface area contributed by atoms with Gasteiger partial charge in [0.05, 0.1) is 6.61 Å². The van der Waals surface area contributed by atoms with Crippen molar-refractivity contribution in [2.24, 2.45) is 40.4 Å². The summed E-state index contributed by atoms with van der Waals surface area (Å²) in [6, 6.07) is 0. The highest BCUT2D eigenvalue weighted by Gasteiger charge is 2.58. The van der Waals surface area contributed by atoms with E-state index in [2.05, 4.69) is 32.3 Å². The van der Waals surface area contributed by atoms with Crippen LogP contribution < -0.4 is 5.48 Å². The summed E-state index contributed by atoms with van der Waals surface area (Å²) in [4.78, 5) is 29.3. The molecular formula is C26H41NO4. The molecule has 0 bridgehead atoms. The number of carbonyl (C=O) groups excluding carboxylic acids is 2. The first-order valence-corrected chi connectivity index (χ1v) is 12.5. The summed E-state index contributed by atoms with van der Waals surface area (Å²) >= 11 is 0. The molecule has 0 unspecified atom stereocenters. The van der Waals surface area contributed by atoms with E-state index in [1.807, 2.05) is 6.92 Å². The van der Waals surface area contributed by atoms with E-state index in [0.717, 1.165) is 32.1 Å². The minimum Gasteiger partial charge on any atom is -0.463 e. The average Bonchev–Trinajstić information content (AvgIpc) is 3.08. The fourth-order valence-electron chi connectivity index (χ4n) is 8.10. The van der Waals surface area contributed by atoms with Crippen LogP contribution in [0.25, 0.3) is 0 Å². The van der Waals surface area contributed by atoms with Crippen LogP contribution in [0, 0.1) is 40.4 Å². The van der Waals surface area contributed by atoms with E-state index in [9.17, 15) is 9.59 Å². The number of hydrogen-bond acceptors (Lipinski definition) is 4. The molecule has 0 aromatic heterocycles. The van der Waals surface area contributed by atoms with Gasteiger partial charge in [-0.25, -0.2) is 5.48 Å². The van der Waals surface area contributed by atoms with Crippen LogP contribution in [0.3, 0.4) is 0 Å². The van der Waals surface area contributed by atoms with Crippen molar-refractivity contribution >= 4 is 11.9 Å². The van der Waals surface area contributed by atoms with Crippen LogP contribution in [-0.4, -0.2) is 24.6 Å². The van der Waals surface area contributed by atoms with Crippen LogP contribution in [0.15, 0.2) is 11.6 Å². The van der Waals surface area contributed by atoms with Gasteiger partial charge in [0.2, 0.25) is 5.91 Å². The predicted molar refractivity (Wildman–Crippen MR) is 120 cm³/mol. The van der Waals surface area contributed by atoms with E-state index < -0.39 is 0 Å².